The van der Waals surface area contributed by atoms with Crippen LogP contribution in [0.3, 0.4) is 0 Å². The fourth-order valence-corrected chi connectivity index (χ4v) is 2.61. The third-order valence-electron chi connectivity index (χ3n) is 3.20. The van der Waals surface area contributed by atoms with Gasteiger partial charge < -0.3 is 15.4 Å². The molecule has 3 nitrogen and oxygen atoms in total. The van der Waals surface area contributed by atoms with Gasteiger partial charge in [0.1, 0.15) is 12.4 Å². The van der Waals surface area contributed by atoms with Crippen LogP contribution in [0.2, 0.25) is 0 Å². The standard InChI is InChI=1S/C17H21BrN2O/c1-2-10-20(17-9-4-3-8-16(17)19)11-12-21-15-7-5-6-14(18)13-15/h3-9,13H,2,10-12,19H2,1H3. The van der Waals surface area contributed by atoms with Crippen molar-refractivity contribution < 1.29 is 4.74 Å². The Morgan fingerprint density at radius 1 is 1.10 bits per heavy atom. The Balaban J connectivity index is 1.96. The van der Waals surface area contributed by atoms with Gasteiger partial charge in [0.2, 0.25) is 0 Å². The van der Waals surface area contributed by atoms with Gasteiger partial charge in [0.25, 0.3) is 0 Å². The number of para-hydroxylation sites is 2. The van der Waals surface area contributed by atoms with Gasteiger partial charge in [0, 0.05) is 11.0 Å². The molecular formula is C17H21BrN2O. The maximum absolute atomic E-state index is 6.07. The number of halogens is 1. The molecule has 0 saturated carbocycles. The van der Waals surface area contributed by atoms with Gasteiger partial charge >= 0.3 is 0 Å². The molecule has 0 amide bonds. The number of nitrogens with two attached hydrogens (primary N) is 1. The topological polar surface area (TPSA) is 38.5 Å². The zero-order chi connectivity index (χ0) is 15.1. The first-order valence-electron chi connectivity index (χ1n) is 7.18. The average Bonchev–Trinajstić information content (AvgIpc) is 2.47. The Hall–Kier alpha value is -1.68. The number of rotatable bonds is 7. The van der Waals surface area contributed by atoms with E-state index >= 15 is 0 Å². The van der Waals surface area contributed by atoms with Crippen LogP contribution in [0, 0.1) is 0 Å². The van der Waals surface area contributed by atoms with Crippen molar-refractivity contribution in [3.05, 3.63) is 53.0 Å². The highest BCUT2D eigenvalue weighted by Gasteiger charge is 2.08. The van der Waals surface area contributed by atoms with Crippen molar-refractivity contribution in [2.75, 3.05) is 30.3 Å². The van der Waals surface area contributed by atoms with E-state index in [-0.39, 0.29) is 0 Å². The number of nitrogens with zero attached hydrogens (tertiary/aromatic N) is 1. The van der Waals surface area contributed by atoms with Crippen molar-refractivity contribution in [3.63, 3.8) is 0 Å². The minimum atomic E-state index is 0.630. The molecule has 0 aliphatic carbocycles. The number of anilines is 2. The van der Waals surface area contributed by atoms with Gasteiger partial charge in [-0.1, -0.05) is 41.1 Å². The maximum atomic E-state index is 6.07. The van der Waals surface area contributed by atoms with E-state index in [1.165, 1.54) is 0 Å². The third kappa shape index (κ3) is 4.67. The van der Waals surface area contributed by atoms with Crippen molar-refractivity contribution in [2.45, 2.75) is 13.3 Å². The number of ether oxygens (including phenoxy) is 1. The van der Waals surface area contributed by atoms with Crippen molar-refractivity contribution in [1.82, 2.24) is 0 Å². The zero-order valence-electron chi connectivity index (χ0n) is 12.3. The lowest BCUT2D eigenvalue weighted by Crippen LogP contribution is -2.29. The fourth-order valence-electron chi connectivity index (χ4n) is 2.23. The summed E-state index contributed by atoms with van der Waals surface area (Å²) in [7, 11) is 0. The monoisotopic (exact) mass is 348 g/mol. The van der Waals surface area contributed by atoms with Gasteiger partial charge in [0.05, 0.1) is 17.9 Å². The Morgan fingerprint density at radius 3 is 2.62 bits per heavy atom. The third-order valence-corrected chi connectivity index (χ3v) is 3.69. The zero-order valence-corrected chi connectivity index (χ0v) is 13.8. The normalized spacial score (nSPS) is 10.4. The van der Waals surface area contributed by atoms with Gasteiger partial charge in [-0.15, -0.1) is 0 Å². The van der Waals surface area contributed by atoms with E-state index in [0.29, 0.717) is 6.61 Å². The highest BCUT2D eigenvalue weighted by Crippen LogP contribution is 2.23. The molecule has 112 valence electrons. The molecule has 0 saturated heterocycles. The molecule has 2 aromatic carbocycles. The van der Waals surface area contributed by atoms with Gasteiger partial charge in [-0.25, -0.2) is 0 Å². The molecule has 0 spiro atoms. The molecule has 0 radical (unpaired) electrons. The predicted molar refractivity (Wildman–Crippen MR) is 93.0 cm³/mol. The summed E-state index contributed by atoms with van der Waals surface area (Å²) in [6, 6.07) is 15.9. The molecule has 4 heteroatoms. The van der Waals surface area contributed by atoms with Crippen molar-refractivity contribution >= 4 is 27.3 Å². The largest absolute Gasteiger partial charge is 0.492 e. The predicted octanol–water partition coefficient (Wildman–Crippen LogP) is 4.33. The Labute approximate surface area is 134 Å². The molecule has 0 bridgehead atoms. The van der Waals surface area contributed by atoms with Crippen LogP contribution >= 0.6 is 15.9 Å². The molecule has 21 heavy (non-hydrogen) atoms. The van der Waals surface area contributed by atoms with E-state index in [2.05, 4.69) is 33.8 Å². The van der Waals surface area contributed by atoms with Crippen LogP contribution in [0.5, 0.6) is 5.75 Å². The van der Waals surface area contributed by atoms with Gasteiger partial charge in [0.15, 0.2) is 0 Å². The summed E-state index contributed by atoms with van der Waals surface area (Å²) < 4.78 is 6.84. The molecule has 0 aliphatic heterocycles. The summed E-state index contributed by atoms with van der Waals surface area (Å²) in [4.78, 5) is 2.27. The van der Waals surface area contributed by atoms with E-state index in [1.807, 2.05) is 42.5 Å². The first-order chi connectivity index (χ1) is 10.2. The van der Waals surface area contributed by atoms with E-state index in [9.17, 15) is 0 Å². The second-order valence-corrected chi connectivity index (χ2v) is 5.77. The maximum Gasteiger partial charge on any atom is 0.120 e. The summed E-state index contributed by atoms with van der Waals surface area (Å²) in [5.41, 5.74) is 7.96. The van der Waals surface area contributed by atoms with Crippen molar-refractivity contribution in [1.29, 1.82) is 0 Å². The molecular weight excluding hydrogens is 328 g/mol. The Kier molecular flexibility index (Phi) is 5.93. The van der Waals surface area contributed by atoms with Gasteiger partial charge in [-0.05, 0) is 36.8 Å². The van der Waals surface area contributed by atoms with Crippen LogP contribution < -0.4 is 15.4 Å². The van der Waals surface area contributed by atoms with Gasteiger partial charge in [-0.2, -0.15) is 0 Å². The van der Waals surface area contributed by atoms with Crippen molar-refractivity contribution in [3.8, 4) is 5.75 Å². The number of nitrogen functional groups attached to an aromatic ring is 1. The minimum absolute atomic E-state index is 0.630. The lowest BCUT2D eigenvalue weighted by Gasteiger charge is -2.25. The first-order valence-corrected chi connectivity index (χ1v) is 7.98. The SMILES string of the molecule is CCCN(CCOc1cccc(Br)c1)c1ccccc1N. The second kappa shape index (κ2) is 7.93. The molecule has 2 aromatic rings. The van der Waals surface area contributed by atoms with Crippen LogP contribution in [0.15, 0.2) is 53.0 Å². The summed E-state index contributed by atoms with van der Waals surface area (Å²) >= 11 is 3.45. The summed E-state index contributed by atoms with van der Waals surface area (Å²) in [5, 5.41) is 0. The minimum Gasteiger partial charge on any atom is -0.492 e. The Morgan fingerprint density at radius 2 is 1.90 bits per heavy atom. The van der Waals surface area contributed by atoms with Gasteiger partial charge in [-0.3, -0.25) is 0 Å². The van der Waals surface area contributed by atoms with Crippen molar-refractivity contribution in [2.24, 2.45) is 0 Å². The molecule has 0 aliphatic rings. The summed E-state index contributed by atoms with van der Waals surface area (Å²) in [5.74, 6) is 0.877. The number of hydrogen-bond acceptors (Lipinski definition) is 3. The average molecular weight is 349 g/mol. The van der Waals surface area contributed by atoms with Crippen LogP contribution in [-0.4, -0.2) is 19.7 Å². The number of hydrogen-bond donors (Lipinski definition) is 1. The van der Waals surface area contributed by atoms with E-state index in [0.717, 1.165) is 41.1 Å². The van der Waals surface area contributed by atoms with Crippen LogP contribution in [-0.2, 0) is 0 Å². The van der Waals surface area contributed by atoms with E-state index in [4.69, 9.17) is 10.5 Å². The van der Waals surface area contributed by atoms with Crippen LogP contribution in [0.1, 0.15) is 13.3 Å². The first kappa shape index (κ1) is 15.7. The Bertz CT molecular complexity index is 574. The smallest absolute Gasteiger partial charge is 0.120 e. The highest BCUT2D eigenvalue weighted by molar-refractivity contribution is 9.10. The summed E-state index contributed by atoms with van der Waals surface area (Å²) in [6.45, 7) is 4.58. The lowest BCUT2D eigenvalue weighted by atomic mass is 10.2. The highest BCUT2D eigenvalue weighted by atomic mass is 79.9. The number of benzene rings is 2. The molecule has 2 rings (SSSR count). The molecule has 2 N–H and O–H groups in total. The molecule has 0 fully saturated rings. The van der Waals surface area contributed by atoms with Crippen LogP contribution in [0.25, 0.3) is 0 Å². The molecule has 0 unspecified atom stereocenters. The van der Waals surface area contributed by atoms with E-state index in [1.54, 1.807) is 0 Å². The molecule has 0 atom stereocenters. The quantitative estimate of drug-likeness (QED) is 0.757. The van der Waals surface area contributed by atoms with Crippen LogP contribution in [0.4, 0.5) is 11.4 Å². The molecule has 0 aromatic heterocycles. The second-order valence-electron chi connectivity index (χ2n) is 4.85. The van der Waals surface area contributed by atoms with E-state index < -0.39 is 0 Å². The fraction of sp³-hybridized carbons (Fsp3) is 0.294. The molecule has 0 heterocycles. The summed E-state index contributed by atoms with van der Waals surface area (Å²) in [6.07, 6.45) is 1.07. The lowest BCUT2D eigenvalue weighted by molar-refractivity contribution is 0.323.